The molecule has 3 aromatic heterocycles. The van der Waals surface area contributed by atoms with Crippen molar-refractivity contribution in [1.29, 1.82) is 0 Å². The first kappa shape index (κ1) is 12.3. The quantitative estimate of drug-likeness (QED) is 0.776. The average Bonchev–Trinajstić information content (AvgIpc) is 3.07. The lowest BCUT2D eigenvalue weighted by atomic mass is 10.0. The predicted molar refractivity (Wildman–Crippen MR) is 77.4 cm³/mol. The van der Waals surface area contributed by atoms with Crippen molar-refractivity contribution in [2.45, 2.75) is 19.4 Å². The highest BCUT2D eigenvalue weighted by molar-refractivity contribution is 7.09. The highest BCUT2D eigenvalue weighted by Crippen LogP contribution is 2.24. The first-order valence-electron chi connectivity index (χ1n) is 6.41. The average molecular weight is 272 g/mol. The number of fused-ring (bicyclic) bond motifs is 1. The largest absolute Gasteiger partial charge is 0.310 e. The number of hydrogen-bond acceptors (Lipinski definition) is 4. The normalized spacial score (nSPS) is 12.9. The second-order valence-electron chi connectivity index (χ2n) is 4.40. The highest BCUT2D eigenvalue weighted by Gasteiger charge is 2.16. The van der Waals surface area contributed by atoms with Crippen LogP contribution >= 0.6 is 11.3 Å². The number of nitrogens with zero attached hydrogens (tertiary/aromatic N) is 3. The minimum absolute atomic E-state index is 0.283. The standard InChI is InChI=1S/C14H16N4S/c1-2-16-13(8-11-4-3-7-19-11)12-9-17-18-6-5-15-10-14(12)18/h3-7,9-10,13,16H,2,8H2,1H3. The second kappa shape index (κ2) is 5.50. The molecule has 19 heavy (non-hydrogen) atoms. The summed E-state index contributed by atoms with van der Waals surface area (Å²) in [7, 11) is 0. The molecule has 1 N–H and O–H groups in total. The molecule has 0 saturated carbocycles. The zero-order chi connectivity index (χ0) is 13.1. The molecular weight excluding hydrogens is 256 g/mol. The summed E-state index contributed by atoms with van der Waals surface area (Å²) in [6, 6.07) is 4.56. The molecule has 1 unspecified atom stereocenters. The van der Waals surface area contributed by atoms with Crippen molar-refractivity contribution in [2.75, 3.05) is 6.54 Å². The van der Waals surface area contributed by atoms with Crippen LogP contribution in [0.5, 0.6) is 0 Å². The van der Waals surface area contributed by atoms with E-state index >= 15 is 0 Å². The maximum atomic E-state index is 4.39. The van der Waals surface area contributed by atoms with Crippen LogP contribution in [0.2, 0.25) is 0 Å². The second-order valence-corrected chi connectivity index (χ2v) is 5.43. The molecule has 0 saturated heterocycles. The van der Waals surface area contributed by atoms with Gasteiger partial charge in [-0.3, -0.25) is 4.98 Å². The summed E-state index contributed by atoms with van der Waals surface area (Å²) in [5, 5.41) is 10.1. The number of aromatic nitrogens is 3. The van der Waals surface area contributed by atoms with E-state index in [0.717, 1.165) is 18.5 Å². The molecule has 5 heteroatoms. The third-order valence-corrected chi connectivity index (χ3v) is 4.06. The number of hydrogen-bond donors (Lipinski definition) is 1. The molecule has 0 aliphatic heterocycles. The van der Waals surface area contributed by atoms with E-state index in [2.05, 4.69) is 39.8 Å². The van der Waals surface area contributed by atoms with Crippen LogP contribution in [0.3, 0.4) is 0 Å². The van der Waals surface area contributed by atoms with Crippen LogP contribution in [0, 0.1) is 0 Å². The molecule has 98 valence electrons. The topological polar surface area (TPSA) is 42.2 Å². The Bertz CT molecular complexity index is 644. The Balaban J connectivity index is 1.95. The number of nitrogens with one attached hydrogen (secondary N) is 1. The van der Waals surface area contributed by atoms with E-state index in [1.165, 1.54) is 10.4 Å². The molecule has 4 nitrogen and oxygen atoms in total. The van der Waals surface area contributed by atoms with E-state index in [0.29, 0.717) is 0 Å². The van der Waals surface area contributed by atoms with Gasteiger partial charge in [0.2, 0.25) is 0 Å². The molecule has 0 amide bonds. The predicted octanol–water partition coefficient (Wildman–Crippen LogP) is 2.68. The van der Waals surface area contributed by atoms with Gasteiger partial charge in [-0.1, -0.05) is 13.0 Å². The Morgan fingerprint density at radius 2 is 2.37 bits per heavy atom. The summed E-state index contributed by atoms with van der Waals surface area (Å²) < 4.78 is 1.88. The van der Waals surface area contributed by atoms with E-state index in [-0.39, 0.29) is 6.04 Å². The smallest absolute Gasteiger partial charge is 0.0892 e. The van der Waals surface area contributed by atoms with E-state index in [9.17, 15) is 0 Å². The van der Waals surface area contributed by atoms with Gasteiger partial charge < -0.3 is 5.32 Å². The molecule has 0 bridgehead atoms. The number of likely N-dealkylation sites (N-methyl/N-ethyl adjacent to an activating group) is 1. The Kier molecular flexibility index (Phi) is 3.57. The van der Waals surface area contributed by atoms with Crippen molar-refractivity contribution in [2.24, 2.45) is 0 Å². The van der Waals surface area contributed by atoms with Gasteiger partial charge in [-0.15, -0.1) is 11.3 Å². The van der Waals surface area contributed by atoms with E-state index in [1.54, 1.807) is 17.5 Å². The molecule has 0 aliphatic rings. The molecule has 0 aromatic carbocycles. The van der Waals surface area contributed by atoms with Crippen molar-refractivity contribution < 1.29 is 0 Å². The molecule has 0 aliphatic carbocycles. The van der Waals surface area contributed by atoms with Gasteiger partial charge >= 0.3 is 0 Å². The molecule has 1 atom stereocenters. The van der Waals surface area contributed by atoms with Crippen LogP contribution in [0.1, 0.15) is 23.4 Å². The molecular formula is C14H16N4S. The van der Waals surface area contributed by atoms with Crippen molar-refractivity contribution in [3.8, 4) is 0 Å². The molecule has 3 rings (SSSR count). The third-order valence-electron chi connectivity index (χ3n) is 3.17. The molecule has 3 aromatic rings. The first-order valence-corrected chi connectivity index (χ1v) is 7.29. The minimum atomic E-state index is 0.283. The van der Waals surface area contributed by atoms with Gasteiger partial charge in [0.15, 0.2) is 0 Å². The number of rotatable bonds is 5. The van der Waals surface area contributed by atoms with Gasteiger partial charge in [0, 0.05) is 35.3 Å². The number of thiophene rings is 1. The maximum Gasteiger partial charge on any atom is 0.0892 e. The zero-order valence-electron chi connectivity index (χ0n) is 10.8. The van der Waals surface area contributed by atoms with Gasteiger partial charge in [0.25, 0.3) is 0 Å². The van der Waals surface area contributed by atoms with E-state index in [1.807, 2.05) is 23.1 Å². The summed E-state index contributed by atoms with van der Waals surface area (Å²) >= 11 is 1.80. The fourth-order valence-corrected chi connectivity index (χ4v) is 3.04. The van der Waals surface area contributed by atoms with Crippen molar-refractivity contribution in [3.05, 3.63) is 52.7 Å². The van der Waals surface area contributed by atoms with Crippen molar-refractivity contribution in [1.82, 2.24) is 19.9 Å². The van der Waals surface area contributed by atoms with Crippen LogP contribution in [-0.2, 0) is 6.42 Å². The fourth-order valence-electron chi connectivity index (χ4n) is 2.29. The third kappa shape index (κ3) is 2.52. The summed E-state index contributed by atoms with van der Waals surface area (Å²) in [5.41, 5.74) is 2.29. The molecule has 0 fully saturated rings. The SMILES string of the molecule is CCNC(Cc1cccs1)c1cnn2ccncc12. The fraction of sp³-hybridized carbons (Fsp3) is 0.286. The Hall–Kier alpha value is -1.72. The van der Waals surface area contributed by atoms with Gasteiger partial charge in [-0.2, -0.15) is 5.10 Å². The molecule has 3 heterocycles. The van der Waals surface area contributed by atoms with E-state index in [4.69, 9.17) is 0 Å². The molecule has 0 spiro atoms. The first-order chi connectivity index (χ1) is 9.38. The summed E-state index contributed by atoms with van der Waals surface area (Å²) in [6.07, 6.45) is 8.44. The summed E-state index contributed by atoms with van der Waals surface area (Å²) in [6.45, 7) is 3.07. The Morgan fingerprint density at radius 3 is 3.16 bits per heavy atom. The monoisotopic (exact) mass is 272 g/mol. The van der Waals surface area contributed by atoms with Crippen LogP contribution in [-0.4, -0.2) is 21.1 Å². The lowest BCUT2D eigenvalue weighted by Gasteiger charge is -2.16. The summed E-state index contributed by atoms with van der Waals surface area (Å²) in [4.78, 5) is 5.58. The van der Waals surface area contributed by atoms with Crippen molar-refractivity contribution >= 4 is 16.9 Å². The molecule has 0 radical (unpaired) electrons. The highest BCUT2D eigenvalue weighted by atomic mass is 32.1. The summed E-state index contributed by atoms with van der Waals surface area (Å²) in [5.74, 6) is 0. The maximum absolute atomic E-state index is 4.39. The van der Waals surface area contributed by atoms with Gasteiger partial charge in [0.1, 0.15) is 0 Å². The van der Waals surface area contributed by atoms with Crippen LogP contribution in [0.25, 0.3) is 5.52 Å². The lowest BCUT2D eigenvalue weighted by molar-refractivity contribution is 0.556. The zero-order valence-corrected chi connectivity index (χ0v) is 11.6. The van der Waals surface area contributed by atoms with Crippen LogP contribution < -0.4 is 5.32 Å². The lowest BCUT2D eigenvalue weighted by Crippen LogP contribution is -2.22. The van der Waals surface area contributed by atoms with Crippen LogP contribution in [0.15, 0.2) is 42.3 Å². The van der Waals surface area contributed by atoms with Gasteiger partial charge in [-0.25, -0.2) is 4.52 Å². The Labute approximate surface area is 116 Å². The van der Waals surface area contributed by atoms with Gasteiger partial charge in [0.05, 0.1) is 17.9 Å². The van der Waals surface area contributed by atoms with Crippen LogP contribution in [0.4, 0.5) is 0 Å². The Morgan fingerprint density at radius 1 is 1.42 bits per heavy atom. The van der Waals surface area contributed by atoms with Crippen molar-refractivity contribution in [3.63, 3.8) is 0 Å². The van der Waals surface area contributed by atoms with E-state index < -0.39 is 0 Å². The minimum Gasteiger partial charge on any atom is -0.310 e. The van der Waals surface area contributed by atoms with Gasteiger partial charge in [-0.05, 0) is 18.0 Å².